The molecule has 0 spiro atoms. The Bertz CT molecular complexity index is 529. The maximum Gasteiger partial charge on any atom is 0.151 e. The third-order valence-corrected chi connectivity index (χ3v) is 4.33. The fourth-order valence-electron chi connectivity index (χ4n) is 3.45. The summed E-state index contributed by atoms with van der Waals surface area (Å²) in [5.74, 6) is 0.901. The van der Waals surface area contributed by atoms with Crippen LogP contribution in [0.2, 0.25) is 0 Å². The van der Waals surface area contributed by atoms with Crippen LogP contribution in [0.25, 0.3) is 0 Å². The predicted molar refractivity (Wildman–Crippen MR) is 79.4 cm³/mol. The number of pyridine rings is 1. The molecule has 2 aliphatic heterocycles. The second kappa shape index (κ2) is 4.69. The van der Waals surface area contributed by atoms with Crippen LogP contribution >= 0.6 is 0 Å². The van der Waals surface area contributed by atoms with Crippen LogP contribution in [0.1, 0.15) is 49.7 Å². The van der Waals surface area contributed by atoms with Gasteiger partial charge < -0.3 is 10.4 Å². The zero-order valence-corrected chi connectivity index (χ0v) is 12.7. The largest absolute Gasteiger partial charge is 0.372 e. The maximum absolute atomic E-state index is 10.3. The van der Waals surface area contributed by atoms with Gasteiger partial charge in [-0.05, 0) is 58.7 Å². The van der Waals surface area contributed by atoms with E-state index >= 15 is 0 Å². The summed E-state index contributed by atoms with van der Waals surface area (Å²) in [6.07, 6.45) is 1.44. The molecule has 1 aromatic heterocycles. The van der Waals surface area contributed by atoms with Crippen molar-refractivity contribution in [3.63, 3.8) is 0 Å². The smallest absolute Gasteiger partial charge is 0.151 e. The zero-order chi connectivity index (χ0) is 14.5. The minimum absolute atomic E-state index is 0.122. The molecule has 110 valence electrons. The predicted octanol–water partition coefficient (Wildman–Crippen LogP) is 1.54. The summed E-state index contributed by atoms with van der Waals surface area (Å²) in [5, 5.41) is 15.9. The van der Waals surface area contributed by atoms with Gasteiger partial charge in [-0.1, -0.05) is 0 Å². The van der Waals surface area contributed by atoms with Crippen molar-refractivity contribution in [1.82, 2.24) is 15.7 Å². The fourth-order valence-corrected chi connectivity index (χ4v) is 3.45. The van der Waals surface area contributed by atoms with Gasteiger partial charge in [0, 0.05) is 16.8 Å². The van der Waals surface area contributed by atoms with Crippen LogP contribution in [-0.2, 0) is 0 Å². The number of hydrogen-bond donors (Lipinski definition) is 3. The van der Waals surface area contributed by atoms with Gasteiger partial charge in [-0.3, -0.25) is 5.01 Å². The third kappa shape index (κ3) is 2.30. The summed E-state index contributed by atoms with van der Waals surface area (Å²) >= 11 is 0. The fraction of sp³-hybridized carbons (Fsp3) is 0.667. The number of hydrogen-bond acceptors (Lipinski definition) is 5. The van der Waals surface area contributed by atoms with Crippen molar-refractivity contribution >= 4 is 5.82 Å². The zero-order valence-electron chi connectivity index (χ0n) is 12.7. The summed E-state index contributed by atoms with van der Waals surface area (Å²) in [7, 11) is 0. The summed E-state index contributed by atoms with van der Waals surface area (Å²) < 4.78 is 0. The number of nitrogens with one attached hydrogen (secondary N) is 2. The molecule has 2 aliphatic rings. The number of rotatable bonds is 1. The number of aromatic nitrogens is 1. The Balaban J connectivity index is 1.95. The lowest BCUT2D eigenvalue weighted by molar-refractivity contribution is 0.137. The molecular formula is C15H24N4O. The second-order valence-corrected chi connectivity index (χ2v) is 6.68. The number of fused-ring (bicyclic) bond motifs is 1. The first kappa shape index (κ1) is 13.8. The van der Waals surface area contributed by atoms with Gasteiger partial charge in [0.05, 0.1) is 6.04 Å². The minimum atomic E-state index is -0.643. The number of nitrogens with zero attached hydrogens (tertiary/aromatic N) is 2. The molecule has 5 heteroatoms. The van der Waals surface area contributed by atoms with Crippen molar-refractivity contribution in [1.29, 1.82) is 0 Å². The molecule has 3 N–H and O–H groups in total. The number of piperidine rings is 1. The molecule has 1 saturated heterocycles. The van der Waals surface area contributed by atoms with Crippen LogP contribution in [0.4, 0.5) is 5.82 Å². The van der Waals surface area contributed by atoms with Crippen LogP contribution in [0.15, 0.2) is 6.07 Å². The lowest BCUT2D eigenvalue weighted by Gasteiger charge is -2.41. The van der Waals surface area contributed by atoms with Crippen LogP contribution in [-0.4, -0.2) is 28.2 Å². The number of hydrazine groups is 1. The van der Waals surface area contributed by atoms with Crippen molar-refractivity contribution < 1.29 is 5.11 Å². The van der Waals surface area contributed by atoms with Gasteiger partial charge in [0.1, 0.15) is 0 Å². The molecular weight excluding hydrogens is 252 g/mol. The molecule has 1 fully saturated rings. The Kier molecular flexibility index (Phi) is 3.23. The lowest BCUT2D eigenvalue weighted by Crippen LogP contribution is -2.55. The maximum atomic E-state index is 10.3. The molecule has 0 radical (unpaired) electrons. The molecule has 20 heavy (non-hydrogen) atoms. The Labute approximate surface area is 120 Å². The molecule has 0 bridgehead atoms. The van der Waals surface area contributed by atoms with Gasteiger partial charge in [-0.25, -0.2) is 10.4 Å². The van der Waals surface area contributed by atoms with Crippen molar-refractivity contribution in [3.05, 3.63) is 22.9 Å². The van der Waals surface area contributed by atoms with Gasteiger partial charge in [0.15, 0.2) is 12.0 Å². The van der Waals surface area contributed by atoms with Crippen LogP contribution < -0.4 is 15.8 Å². The van der Waals surface area contributed by atoms with E-state index in [1.165, 1.54) is 0 Å². The molecule has 0 aromatic carbocycles. The van der Waals surface area contributed by atoms with E-state index in [0.717, 1.165) is 42.0 Å². The monoisotopic (exact) mass is 276 g/mol. The van der Waals surface area contributed by atoms with Gasteiger partial charge in [0.2, 0.25) is 0 Å². The summed E-state index contributed by atoms with van der Waals surface area (Å²) in [6, 6.07) is 2.38. The highest BCUT2D eigenvalue weighted by molar-refractivity contribution is 5.56. The quantitative estimate of drug-likeness (QED) is 0.726. The highest BCUT2D eigenvalue weighted by Crippen LogP contribution is 2.36. The highest BCUT2D eigenvalue weighted by Gasteiger charge is 2.38. The Morgan fingerprint density at radius 2 is 2.15 bits per heavy atom. The standard InChI is InChI=1S/C15H24N4O/c1-9-7-10(2)17-13-12(9)14(20)18-19(13)11-5-6-16-15(3,4)8-11/h7,11,14,16,18,20H,5-6,8H2,1-4H3. The van der Waals surface area contributed by atoms with Crippen molar-refractivity contribution in [2.45, 2.75) is 58.3 Å². The molecule has 0 aliphatic carbocycles. The average Bonchev–Trinajstić information content (AvgIpc) is 2.65. The van der Waals surface area contributed by atoms with Crippen LogP contribution in [0.3, 0.4) is 0 Å². The third-order valence-electron chi connectivity index (χ3n) is 4.33. The van der Waals surface area contributed by atoms with E-state index < -0.39 is 6.23 Å². The highest BCUT2D eigenvalue weighted by atomic mass is 16.3. The summed E-state index contributed by atoms with van der Waals surface area (Å²) in [6.45, 7) is 9.48. The van der Waals surface area contributed by atoms with Crippen LogP contribution in [0, 0.1) is 13.8 Å². The number of aryl methyl sites for hydroxylation is 2. The normalized spacial score (nSPS) is 28.6. The van der Waals surface area contributed by atoms with E-state index in [1.54, 1.807) is 0 Å². The van der Waals surface area contributed by atoms with Crippen molar-refractivity contribution in [2.75, 3.05) is 11.6 Å². The molecule has 2 unspecified atom stereocenters. The first-order valence-electron chi connectivity index (χ1n) is 7.34. The Morgan fingerprint density at radius 3 is 2.85 bits per heavy atom. The van der Waals surface area contributed by atoms with E-state index in [9.17, 15) is 5.11 Å². The molecule has 0 amide bonds. The van der Waals surface area contributed by atoms with E-state index in [1.807, 2.05) is 19.9 Å². The second-order valence-electron chi connectivity index (χ2n) is 6.68. The first-order valence-corrected chi connectivity index (χ1v) is 7.34. The molecule has 3 rings (SSSR count). The van der Waals surface area contributed by atoms with Crippen molar-refractivity contribution in [2.24, 2.45) is 0 Å². The van der Waals surface area contributed by atoms with E-state index in [4.69, 9.17) is 0 Å². The molecule has 1 aromatic rings. The average molecular weight is 276 g/mol. The number of aliphatic hydroxyl groups excluding tert-OH is 1. The number of aliphatic hydroxyl groups is 1. The summed E-state index contributed by atoms with van der Waals surface area (Å²) in [4.78, 5) is 4.65. The Morgan fingerprint density at radius 1 is 1.40 bits per heavy atom. The van der Waals surface area contributed by atoms with Crippen molar-refractivity contribution in [3.8, 4) is 0 Å². The summed E-state index contributed by atoms with van der Waals surface area (Å²) in [5.41, 5.74) is 6.33. The van der Waals surface area contributed by atoms with Gasteiger partial charge in [0.25, 0.3) is 0 Å². The first-order chi connectivity index (χ1) is 9.37. The van der Waals surface area contributed by atoms with E-state index in [2.05, 4.69) is 34.6 Å². The van der Waals surface area contributed by atoms with E-state index in [-0.39, 0.29) is 5.54 Å². The lowest BCUT2D eigenvalue weighted by atomic mass is 9.89. The van der Waals surface area contributed by atoms with Gasteiger partial charge in [-0.15, -0.1) is 0 Å². The van der Waals surface area contributed by atoms with Crippen LogP contribution in [0.5, 0.6) is 0 Å². The molecule has 3 heterocycles. The molecule has 5 nitrogen and oxygen atoms in total. The Hall–Kier alpha value is -1.17. The van der Waals surface area contributed by atoms with Gasteiger partial charge >= 0.3 is 0 Å². The topological polar surface area (TPSA) is 60.4 Å². The SMILES string of the molecule is Cc1cc(C)c2c(n1)N(C1CCNC(C)(C)C1)NC2O. The minimum Gasteiger partial charge on any atom is -0.372 e. The number of anilines is 1. The van der Waals surface area contributed by atoms with Gasteiger partial charge in [-0.2, -0.15) is 0 Å². The molecule has 0 saturated carbocycles. The van der Waals surface area contributed by atoms with E-state index in [0.29, 0.717) is 6.04 Å². The molecule has 2 atom stereocenters.